The molecule has 0 spiro atoms. The van der Waals surface area contributed by atoms with E-state index in [1.165, 1.54) is 5.56 Å². The lowest BCUT2D eigenvalue weighted by molar-refractivity contribution is 0.590. The molecule has 0 radical (unpaired) electrons. The van der Waals surface area contributed by atoms with E-state index < -0.39 is 0 Å². The highest BCUT2D eigenvalue weighted by Gasteiger charge is 2.12. The minimum atomic E-state index is 0.188. The summed E-state index contributed by atoms with van der Waals surface area (Å²) in [5.74, 6) is 0. The third-order valence-electron chi connectivity index (χ3n) is 3.01. The van der Waals surface area contributed by atoms with Crippen molar-refractivity contribution >= 4 is 24.5 Å². The van der Waals surface area contributed by atoms with Gasteiger partial charge < -0.3 is 0 Å². The topological polar surface area (TPSA) is 12.4 Å². The van der Waals surface area contributed by atoms with Crippen molar-refractivity contribution in [3.05, 3.63) is 59.7 Å². The van der Waals surface area contributed by atoms with Crippen LogP contribution < -0.4 is 0 Å². The van der Waals surface area contributed by atoms with Crippen LogP contribution in [0.25, 0.3) is 0 Å². The maximum Gasteiger partial charge on any atom is 0.0763 e. The van der Waals surface area contributed by atoms with Crippen molar-refractivity contribution in [1.29, 1.82) is 0 Å². The van der Waals surface area contributed by atoms with Crippen molar-refractivity contribution in [3.8, 4) is 0 Å². The van der Waals surface area contributed by atoms with Crippen molar-refractivity contribution in [2.75, 3.05) is 0 Å². The van der Waals surface area contributed by atoms with Crippen LogP contribution in [-0.2, 0) is 5.41 Å². The van der Waals surface area contributed by atoms with Gasteiger partial charge in [0.05, 0.1) is 5.69 Å². The largest absolute Gasteiger partial charge is 0.255 e. The van der Waals surface area contributed by atoms with Gasteiger partial charge >= 0.3 is 0 Å². The molecule has 1 nitrogen and oxygen atoms in total. The third-order valence-corrected chi connectivity index (χ3v) is 3.39. The SMILES string of the molecule is CC(C)(C)c1ccc(C=Nc2ccccc2S)cc1. The molecule has 0 heterocycles. The van der Waals surface area contributed by atoms with Crippen LogP contribution >= 0.6 is 12.6 Å². The number of para-hydroxylation sites is 1. The van der Waals surface area contributed by atoms with Crippen LogP contribution in [-0.4, -0.2) is 6.21 Å². The van der Waals surface area contributed by atoms with Crippen molar-refractivity contribution in [1.82, 2.24) is 0 Å². The molecule has 0 aliphatic carbocycles. The van der Waals surface area contributed by atoms with Crippen molar-refractivity contribution in [3.63, 3.8) is 0 Å². The van der Waals surface area contributed by atoms with E-state index in [0.29, 0.717) is 0 Å². The minimum Gasteiger partial charge on any atom is -0.255 e. The first-order valence-corrected chi connectivity index (χ1v) is 6.84. The number of nitrogens with zero attached hydrogens (tertiary/aromatic N) is 1. The highest BCUT2D eigenvalue weighted by atomic mass is 32.1. The molecule has 2 heteroatoms. The predicted octanol–water partition coefficient (Wildman–Crippen LogP) is 5.02. The van der Waals surface area contributed by atoms with E-state index in [1.807, 2.05) is 30.5 Å². The Hall–Kier alpha value is -1.54. The standard InChI is InChI=1S/C17H19NS/c1-17(2,3)14-10-8-13(9-11-14)12-18-15-6-4-5-7-16(15)19/h4-12,19H,1-3H3. The van der Waals surface area contributed by atoms with E-state index in [2.05, 4.69) is 62.7 Å². The monoisotopic (exact) mass is 269 g/mol. The summed E-state index contributed by atoms with van der Waals surface area (Å²) in [6.07, 6.45) is 1.88. The number of hydrogen-bond donors (Lipinski definition) is 1. The van der Waals surface area contributed by atoms with Crippen molar-refractivity contribution < 1.29 is 0 Å². The smallest absolute Gasteiger partial charge is 0.0763 e. The predicted molar refractivity (Wildman–Crippen MR) is 86.1 cm³/mol. The molecule has 0 aliphatic heterocycles. The molecule has 0 aromatic heterocycles. The zero-order valence-corrected chi connectivity index (χ0v) is 12.5. The molecule has 0 bridgehead atoms. The first-order valence-electron chi connectivity index (χ1n) is 6.39. The van der Waals surface area contributed by atoms with Gasteiger partial charge in [0.25, 0.3) is 0 Å². The van der Waals surface area contributed by atoms with Crippen molar-refractivity contribution in [2.45, 2.75) is 31.1 Å². The quantitative estimate of drug-likeness (QED) is 0.580. The second-order valence-electron chi connectivity index (χ2n) is 5.62. The van der Waals surface area contributed by atoms with Crippen LogP contribution in [0.1, 0.15) is 31.9 Å². The number of benzene rings is 2. The Morgan fingerprint density at radius 3 is 2.16 bits per heavy atom. The Labute approximate surface area is 120 Å². The second-order valence-corrected chi connectivity index (χ2v) is 6.10. The molecule has 0 fully saturated rings. The Morgan fingerprint density at radius 2 is 1.58 bits per heavy atom. The molecule has 2 rings (SSSR count). The molecule has 0 saturated carbocycles. The van der Waals surface area contributed by atoms with E-state index in [9.17, 15) is 0 Å². The minimum absolute atomic E-state index is 0.188. The van der Waals surface area contributed by atoms with E-state index >= 15 is 0 Å². The first kappa shape index (κ1) is 13.9. The summed E-state index contributed by atoms with van der Waals surface area (Å²) >= 11 is 4.38. The highest BCUT2D eigenvalue weighted by molar-refractivity contribution is 7.80. The number of rotatable bonds is 2. The van der Waals surface area contributed by atoms with Crippen LogP contribution in [0.2, 0.25) is 0 Å². The van der Waals surface area contributed by atoms with Gasteiger partial charge in [-0.15, -0.1) is 12.6 Å². The fourth-order valence-electron chi connectivity index (χ4n) is 1.79. The van der Waals surface area contributed by atoms with Crippen LogP contribution in [0.5, 0.6) is 0 Å². The molecule has 2 aromatic rings. The molecular weight excluding hydrogens is 250 g/mol. The normalized spacial score (nSPS) is 12.0. The molecule has 0 unspecified atom stereocenters. The van der Waals surface area contributed by atoms with Gasteiger partial charge in [-0.05, 0) is 28.7 Å². The average Bonchev–Trinajstić information content (AvgIpc) is 2.37. The van der Waals surface area contributed by atoms with Crippen LogP contribution in [0.3, 0.4) is 0 Å². The molecule has 0 atom stereocenters. The zero-order chi connectivity index (χ0) is 13.9. The van der Waals surface area contributed by atoms with Crippen molar-refractivity contribution in [2.24, 2.45) is 4.99 Å². The summed E-state index contributed by atoms with van der Waals surface area (Å²) in [7, 11) is 0. The molecule has 0 amide bonds. The van der Waals surface area contributed by atoms with Gasteiger partial charge in [-0.2, -0.15) is 0 Å². The second kappa shape index (κ2) is 5.62. The lowest BCUT2D eigenvalue weighted by Gasteiger charge is -2.18. The molecule has 0 N–H and O–H groups in total. The summed E-state index contributed by atoms with van der Waals surface area (Å²) in [6, 6.07) is 16.4. The van der Waals surface area contributed by atoms with E-state index in [4.69, 9.17) is 0 Å². The number of thiol groups is 1. The Morgan fingerprint density at radius 1 is 0.947 bits per heavy atom. The maximum atomic E-state index is 4.47. The Kier molecular flexibility index (Phi) is 4.11. The average molecular weight is 269 g/mol. The van der Waals surface area contributed by atoms with Gasteiger partial charge in [-0.3, -0.25) is 4.99 Å². The summed E-state index contributed by atoms with van der Waals surface area (Å²) in [4.78, 5) is 5.36. The van der Waals surface area contributed by atoms with E-state index in [-0.39, 0.29) is 5.41 Å². The number of aliphatic imine (C=N–C) groups is 1. The fourth-order valence-corrected chi connectivity index (χ4v) is 2.00. The molecule has 2 aromatic carbocycles. The third kappa shape index (κ3) is 3.71. The van der Waals surface area contributed by atoms with Gasteiger partial charge in [-0.25, -0.2) is 0 Å². The first-order chi connectivity index (χ1) is 8.97. The Bertz CT molecular complexity index is 577. The fraction of sp³-hybridized carbons (Fsp3) is 0.235. The Balaban J connectivity index is 2.19. The van der Waals surface area contributed by atoms with Gasteiger partial charge in [0.2, 0.25) is 0 Å². The maximum absolute atomic E-state index is 4.47. The lowest BCUT2D eigenvalue weighted by Crippen LogP contribution is -2.10. The molecule has 19 heavy (non-hydrogen) atoms. The van der Waals surface area contributed by atoms with Gasteiger partial charge in [0.15, 0.2) is 0 Å². The number of hydrogen-bond acceptors (Lipinski definition) is 2. The zero-order valence-electron chi connectivity index (χ0n) is 11.6. The van der Waals surface area contributed by atoms with Crippen LogP contribution in [0, 0.1) is 0 Å². The van der Waals surface area contributed by atoms with Crippen LogP contribution in [0.4, 0.5) is 5.69 Å². The summed E-state index contributed by atoms with van der Waals surface area (Å²) in [5, 5.41) is 0. The van der Waals surface area contributed by atoms with Gasteiger partial charge in [0.1, 0.15) is 0 Å². The van der Waals surface area contributed by atoms with E-state index in [1.54, 1.807) is 0 Å². The van der Waals surface area contributed by atoms with Crippen LogP contribution in [0.15, 0.2) is 58.4 Å². The molecular formula is C17H19NS. The molecule has 0 aliphatic rings. The lowest BCUT2D eigenvalue weighted by atomic mass is 9.87. The molecule has 0 saturated heterocycles. The van der Waals surface area contributed by atoms with E-state index in [0.717, 1.165) is 16.1 Å². The summed E-state index contributed by atoms with van der Waals surface area (Å²) < 4.78 is 0. The van der Waals surface area contributed by atoms with Gasteiger partial charge in [-0.1, -0.05) is 57.2 Å². The highest BCUT2D eigenvalue weighted by Crippen LogP contribution is 2.23. The molecule has 98 valence electrons. The summed E-state index contributed by atoms with van der Waals surface area (Å²) in [6.45, 7) is 6.65. The summed E-state index contributed by atoms with van der Waals surface area (Å²) in [5.41, 5.74) is 3.52. The van der Waals surface area contributed by atoms with Gasteiger partial charge in [0, 0.05) is 11.1 Å².